The van der Waals surface area contributed by atoms with Crippen LogP contribution in [0.2, 0.25) is 0 Å². The summed E-state index contributed by atoms with van der Waals surface area (Å²) in [5.41, 5.74) is 0.308. The predicted octanol–water partition coefficient (Wildman–Crippen LogP) is 0.535. The third-order valence-corrected chi connectivity index (χ3v) is 2.43. The summed E-state index contributed by atoms with van der Waals surface area (Å²) in [7, 11) is 0. The van der Waals surface area contributed by atoms with Gasteiger partial charge in [-0.25, -0.2) is 9.97 Å². The van der Waals surface area contributed by atoms with Crippen LogP contribution in [0.1, 0.15) is 17.4 Å². The molecule has 0 aliphatic carbocycles. The topological polar surface area (TPSA) is 84.7 Å². The van der Waals surface area contributed by atoms with E-state index in [1.807, 2.05) is 19.2 Å². The van der Waals surface area contributed by atoms with E-state index in [4.69, 9.17) is 0 Å². The van der Waals surface area contributed by atoms with Gasteiger partial charge in [-0.15, -0.1) is 0 Å². The molecule has 0 aliphatic heterocycles. The Kier molecular flexibility index (Phi) is 4.44. The van der Waals surface area contributed by atoms with Gasteiger partial charge in [0.25, 0.3) is 5.91 Å². The third-order valence-electron chi connectivity index (χ3n) is 2.43. The fourth-order valence-electron chi connectivity index (χ4n) is 1.52. The normalized spacial score (nSPS) is 10.2. The minimum Gasteiger partial charge on any atom is -0.369 e. The van der Waals surface area contributed by atoms with Crippen molar-refractivity contribution in [1.29, 1.82) is 0 Å². The highest BCUT2D eigenvalue weighted by Crippen LogP contribution is 2.00. The maximum absolute atomic E-state index is 11.8. The minimum absolute atomic E-state index is 0.234. The van der Waals surface area contributed by atoms with Crippen LogP contribution in [0.3, 0.4) is 0 Å². The van der Waals surface area contributed by atoms with Gasteiger partial charge in [0.05, 0.1) is 18.9 Å². The van der Waals surface area contributed by atoms with Gasteiger partial charge in [0.1, 0.15) is 11.5 Å². The molecule has 0 atom stereocenters. The standard InChI is InChI=1S/C12H16N6O/c1-2-13-11-9-15-10(8-16-11)12(19)14-5-7-18-6-3-4-17-18/h3-4,6,8-9H,2,5,7H2,1H3,(H,13,16)(H,14,19). The molecule has 1 amide bonds. The van der Waals surface area contributed by atoms with Crippen molar-refractivity contribution in [2.45, 2.75) is 13.5 Å². The molecular weight excluding hydrogens is 244 g/mol. The van der Waals surface area contributed by atoms with Gasteiger partial charge in [-0.3, -0.25) is 9.48 Å². The van der Waals surface area contributed by atoms with Crippen molar-refractivity contribution in [3.63, 3.8) is 0 Å². The smallest absolute Gasteiger partial charge is 0.271 e. The Bertz CT molecular complexity index is 508. The van der Waals surface area contributed by atoms with Crippen LogP contribution in [-0.4, -0.2) is 38.7 Å². The van der Waals surface area contributed by atoms with Gasteiger partial charge in [0, 0.05) is 25.5 Å². The fraction of sp³-hybridized carbons (Fsp3) is 0.333. The fourth-order valence-corrected chi connectivity index (χ4v) is 1.52. The average molecular weight is 260 g/mol. The van der Waals surface area contributed by atoms with Gasteiger partial charge < -0.3 is 10.6 Å². The number of rotatable bonds is 6. The zero-order valence-electron chi connectivity index (χ0n) is 10.7. The number of carbonyl (C=O) groups is 1. The first-order valence-corrected chi connectivity index (χ1v) is 6.11. The highest BCUT2D eigenvalue weighted by molar-refractivity contribution is 5.91. The van der Waals surface area contributed by atoms with E-state index in [-0.39, 0.29) is 5.91 Å². The predicted molar refractivity (Wildman–Crippen MR) is 70.8 cm³/mol. The van der Waals surface area contributed by atoms with Crippen LogP contribution >= 0.6 is 0 Å². The van der Waals surface area contributed by atoms with E-state index in [0.29, 0.717) is 24.6 Å². The van der Waals surface area contributed by atoms with E-state index in [9.17, 15) is 4.79 Å². The van der Waals surface area contributed by atoms with Crippen molar-refractivity contribution in [3.05, 3.63) is 36.5 Å². The molecule has 2 rings (SSSR count). The van der Waals surface area contributed by atoms with Crippen molar-refractivity contribution in [2.75, 3.05) is 18.4 Å². The average Bonchev–Trinajstić information content (AvgIpc) is 2.93. The molecule has 0 radical (unpaired) electrons. The molecule has 2 N–H and O–H groups in total. The quantitative estimate of drug-likeness (QED) is 0.791. The summed E-state index contributed by atoms with van der Waals surface area (Å²) < 4.78 is 1.75. The Morgan fingerprint density at radius 3 is 2.89 bits per heavy atom. The van der Waals surface area contributed by atoms with Gasteiger partial charge in [-0.05, 0) is 13.0 Å². The molecule has 100 valence electrons. The number of nitrogens with one attached hydrogen (secondary N) is 2. The molecule has 0 aromatic carbocycles. The summed E-state index contributed by atoms with van der Waals surface area (Å²) in [6.45, 7) is 3.86. The number of anilines is 1. The van der Waals surface area contributed by atoms with E-state index in [0.717, 1.165) is 6.54 Å². The summed E-state index contributed by atoms with van der Waals surface area (Å²) in [4.78, 5) is 19.9. The molecule has 0 aliphatic rings. The number of nitrogens with zero attached hydrogens (tertiary/aromatic N) is 4. The number of hydrogen-bond acceptors (Lipinski definition) is 5. The monoisotopic (exact) mass is 260 g/mol. The highest BCUT2D eigenvalue weighted by Gasteiger charge is 2.07. The molecule has 7 nitrogen and oxygen atoms in total. The maximum Gasteiger partial charge on any atom is 0.271 e. The first kappa shape index (κ1) is 13.0. The summed E-state index contributed by atoms with van der Waals surface area (Å²) >= 11 is 0. The van der Waals surface area contributed by atoms with Crippen LogP contribution in [0.4, 0.5) is 5.82 Å². The molecule has 7 heteroatoms. The lowest BCUT2D eigenvalue weighted by molar-refractivity contribution is 0.0946. The van der Waals surface area contributed by atoms with Crippen molar-refractivity contribution < 1.29 is 4.79 Å². The van der Waals surface area contributed by atoms with Gasteiger partial charge >= 0.3 is 0 Å². The molecule has 19 heavy (non-hydrogen) atoms. The SMILES string of the molecule is CCNc1cnc(C(=O)NCCn2cccn2)cn1. The zero-order valence-corrected chi connectivity index (χ0v) is 10.7. The highest BCUT2D eigenvalue weighted by atomic mass is 16.1. The van der Waals surface area contributed by atoms with E-state index in [1.54, 1.807) is 17.1 Å². The first-order chi connectivity index (χ1) is 9.29. The van der Waals surface area contributed by atoms with Crippen LogP contribution in [-0.2, 0) is 6.54 Å². The number of hydrogen-bond donors (Lipinski definition) is 2. The number of amides is 1. The Hall–Kier alpha value is -2.44. The molecule has 0 bridgehead atoms. The summed E-state index contributed by atoms with van der Waals surface area (Å²) in [6.07, 6.45) is 6.55. The van der Waals surface area contributed by atoms with Gasteiger partial charge in [-0.2, -0.15) is 5.10 Å². The zero-order chi connectivity index (χ0) is 13.5. The van der Waals surface area contributed by atoms with Crippen molar-refractivity contribution in [3.8, 4) is 0 Å². The second-order valence-electron chi connectivity index (χ2n) is 3.84. The maximum atomic E-state index is 11.8. The van der Waals surface area contributed by atoms with Crippen LogP contribution in [0.15, 0.2) is 30.9 Å². The lowest BCUT2D eigenvalue weighted by Crippen LogP contribution is -2.28. The lowest BCUT2D eigenvalue weighted by Gasteiger charge is -2.05. The molecule has 0 unspecified atom stereocenters. The van der Waals surface area contributed by atoms with Gasteiger partial charge in [0.15, 0.2) is 0 Å². The number of carbonyl (C=O) groups excluding carboxylic acids is 1. The second-order valence-corrected chi connectivity index (χ2v) is 3.84. The van der Waals surface area contributed by atoms with Crippen LogP contribution in [0.5, 0.6) is 0 Å². The van der Waals surface area contributed by atoms with Gasteiger partial charge in [-0.1, -0.05) is 0 Å². The van der Waals surface area contributed by atoms with Crippen molar-refractivity contribution in [2.24, 2.45) is 0 Å². The lowest BCUT2D eigenvalue weighted by atomic mass is 10.4. The Morgan fingerprint density at radius 2 is 2.26 bits per heavy atom. The molecule has 0 saturated heterocycles. The second kappa shape index (κ2) is 6.48. The van der Waals surface area contributed by atoms with E-state index in [1.165, 1.54) is 6.20 Å². The molecule has 0 fully saturated rings. The Balaban J connectivity index is 1.82. The number of aromatic nitrogens is 4. The molecule has 2 aromatic rings. The molecule has 2 heterocycles. The summed E-state index contributed by atoms with van der Waals surface area (Å²) in [6, 6.07) is 1.84. The van der Waals surface area contributed by atoms with E-state index >= 15 is 0 Å². The Labute approximate surface area is 111 Å². The van der Waals surface area contributed by atoms with E-state index in [2.05, 4.69) is 25.7 Å². The Morgan fingerprint density at radius 1 is 1.37 bits per heavy atom. The van der Waals surface area contributed by atoms with Crippen molar-refractivity contribution >= 4 is 11.7 Å². The van der Waals surface area contributed by atoms with Crippen LogP contribution in [0.25, 0.3) is 0 Å². The van der Waals surface area contributed by atoms with Crippen LogP contribution < -0.4 is 10.6 Å². The largest absolute Gasteiger partial charge is 0.369 e. The first-order valence-electron chi connectivity index (χ1n) is 6.11. The summed E-state index contributed by atoms with van der Waals surface area (Å²) in [5, 5.41) is 9.83. The van der Waals surface area contributed by atoms with E-state index < -0.39 is 0 Å². The minimum atomic E-state index is -0.234. The van der Waals surface area contributed by atoms with Gasteiger partial charge in [0.2, 0.25) is 0 Å². The molecule has 0 spiro atoms. The molecule has 2 aromatic heterocycles. The van der Waals surface area contributed by atoms with Crippen LogP contribution in [0, 0.1) is 0 Å². The molecular formula is C12H16N6O. The molecule has 0 saturated carbocycles. The van der Waals surface area contributed by atoms with Crippen molar-refractivity contribution in [1.82, 2.24) is 25.1 Å². The third kappa shape index (κ3) is 3.77. The summed E-state index contributed by atoms with van der Waals surface area (Å²) in [5.74, 6) is 0.429.